The fraction of sp³-hybridized carbons (Fsp3) is 0.889. The van der Waals surface area contributed by atoms with Gasteiger partial charge in [-0.1, -0.05) is 0 Å². The monoisotopic (exact) mass is 202 g/mol. The molecule has 1 fully saturated rings. The zero-order valence-electron chi connectivity index (χ0n) is 8.52. The Morgan fingerprint density at radius 2 is 2.21 bits per heavy atom. The predicted molar refractivity (Wildman–Crippen MR) is 52.2 cm³/mol. The van der Waals surface area contributed by atoms with Crippen LogP contribution >= 0.6 is 0 Å². The van der Waals surface area contributed by atoms with E-state index in [4.69, 9.17) is 10.2 Å². The SMILES string of the molecule is CN1CCN(CCC(=O)O)C(CO)C1. The van der Waals surface area contributed by atoms with Crippen molar-refractivity contribution in [3.8, 4) is 0 Å². The van der Waals surface area contributed by atoms with Crippen molar-refractivity contribution in [2.24, 2.45) is 0 Å². The molecule has 0 aromatic heterocycles. The molecule has 1 atom stereocenters. The van der Waals surface area contributed by atoms with Gasteiger partial charge in [-0.3, -0.25) is 9.69 Å². The van der Waals surface area contributed by atoms with Crippen LogP contribution in [0.5, 0.6) is 0 Å². The molecule has 0 saturated carbocycles. The molecule has 0 spiro atoms. The Labute approximate surface area is 83.9 Å². The lowest BCUT2D eigenvalue weighted by atomic mass is 10.2. The van der Waals surface area contributed by atoms with Gasteiger partial charge < -0.3 is 15.1 Å². The largest absolute Gasteiger partial charge is 0.481 e. The lowest BCUT2D eigenvalue weighted by Crippen LogP contribution is -2.53. The van der Waals surface area contributed by atoms with Crippen molar-refractivity contribution >= 4 is 5.97 Å². The van der Waals surface area contributed by atoms with Gasteiger partial charge in [-0.25, -0.2) is 0 Å². The molecule has 1 saturated heterocycles. The van der Waals surface area contributed by atoms with Crippen molar-refractivity contribution in [1.82, 2.24) is 9.80 Å². The molecule has 0 aromatic carbocycles. The smallest absolute Gasteiger partial charge is 0.304 e. The molecule has 0 aliphatic carbocycles. The van der Waals surface area contributed by atoms with Gasteiger partial charge in [0.2, 0.25) is 0 Å². The third kappa shape index (κ3) is 3.25. The molecular formula is C9H18N2O3. The molecule has 1 aliphatic rings. The lowest BCUT2D eigenvalue weighted by molar-refractivity contribution is -0.137. The first-order valence-electron chi connectivity index (χ1n) is 4.88. The number of carboxylic acid groups (broad SMARTS) is 1. The van der Waals surface area contributed by atoms with E-state index in [1.807, 2.05) is 11.9 Å². The second kappa shape index (κ2) is 5.29. The predicted octanol–water partition coefficient (Wildman–Crippen LogP) is -0.931. The number of aliphatic hydroxyl groups excluding tert-OH is 1. The van der Waals surface area contributed by atoms with Gasteiger partial charge in [0.1, 0.15) is 0 Å². The lowest BCUT2D eigenvalue weighted by Gasteiger charge is -2.38. The summed E-state index contributed by atoms with van der Waals surface area (Å²) < 4.78 is 0. The van der Waals surface area contributed by atoms with Gasteiger partial charge >= 0.3 is 5.97 Å². The van der Waals surface area contributed by atoms with Gasteiger partial charge in [-0.15, -0.1) is 0 Å². The molecule has 1 unspecified atom stereocenters. The van der Waals surface area contributed by atoms with E-state index in [2.05, 4.69) is 4.90 Å². The minimum atomic E-state index is -0.777. The molecule has 2 N–H and O–H groups in total. The highest BCUT2D eigenvalue weighted by Gasteiger charge is 2.24. The van der Waals surface area contributed by atoms with Crippen molar-refractivity contribution in [1.29, 1.82) is 0 Å². The van der Waals surface area contributed by atoms with Gasteiger partial charge in [0.15, 0.2) is 0 Å². The van der Waals surface area contributed by atoms with E-state index in [-0.39, 0.29) is 19.1 Å². The van der Waals surface area contributed by atoms with E-state index < -0.39 is 5.97 Å². The zero-order chi connectivity index (χ0) is 10.6. The highest BCUT2D eigenvalue weighted by atomic mass is 16.4. The van der Waals surface area contributed by atoms with E-state index in [9.17, 15) is 4.79 Å². The van der Waals surface area contributed by atoms with Crippen molar-refractivity contribution < 1.29 is 15.0 Å². The molecule has 1 rings (SSSR count). The van der Waals surface area contributed by atoms with Gasteiger partial charge in [-0.2, -0.15) is 0 Å². The first kappa shape index (κ1) is 11.4. The topological polar surface area (TPSA) is 64.0 Å². The van der Waals surface area contributed by atoms with E-state index in [1.54, 1.807) is 0 Å². The van der Waals surface area contributed by atoms with Crippen LogP contribution in [-0.2, 0) is 4.79 Å². The summed E-state index contributed by atoms with van der Waals surface area (Å²) in [6.45, 7) is 3.24. The summed E-state index contributed by atoms with van der Waals surface area (Å²) in [5.74, 6) is -0.777. The quantitative estimate of drug-likeness (QED) is 0.616. The number of nitrogens with zero attached hydrogens (tertiary/aromatic N) is 2. The zero-order valence-corrected chi connectivity index (χ0v) is 8.52. The van der Waals surface area contributed by atoms with Crippen LogP contribution in [0.3, 0.4) is 0 Å². The number of carboxylic acids is 1. The van der Waals surface area contributed by atoms with E-state index in [0.29, 0.717) is 6.54 Å². The Morgan fingerprint density at radius 1 is 1.50 bits per heavy atom. The first-order valence-corrected chi connectivity index (χ1v) is 4.88. The second-order valence-corrected chi connectivity index (χ2v) is 3.78. The average molecular weight is 202 g/mol. The average Bonchev–Trinajstić information content (AvgIpc) is 2.15. The number of rotatable bonds is 4. The van der Waals surface area contributed by atoms with E-state index in [0.717, 1.165) is 19.6 Å². The van der Waals surface area contributed by atoms with Crippen LogP contribution in [-0.4, -0.2) is 71.9 Å². The summed E-state index contributed by atoms with van der Waals surface area (Å²) in [6.07, 6.45) is 0.153. The molecule has 1 heterocycles. The van der Waals surface area contributed by atoms with Crippen molar-refractivity contribution in [2.75, 3.05) is 39.8 Å². The molecule has 0 radical (unpaired) electrons. The fourth-order valence-corrected chi connectivity index (χ4v) is 1.76. The van der Waals surface area contributed by atoms with Crippen LogP contribution in [0.1, 0.15) is 6.42 Å². The van der Waals surface area contributed by atoms with Crippen molar-refractivity contribution in [3.63, 3.8) is 0 Å². The Morgan fingerprint density at radius 3 is 2.79 bits per heavy atom. The number of likely N-dealkylation sites (N-methyl/N-ethyl adjacent to an activating group) is 1. The summed E-state index contributed by atoms with van der Waals surface area (Å²) in [4.78, 5) is 14.6. The Hall–Kier alpha value is -0.650. The van der Waals surface area contributed by atoms with Crippen LogP contribution in [0, 0.1) is 0 Å². The fourth-order valence-electron chi connectivity index (χ4n) is 1.76. The van der Waals surface area contributed by atoms with Crippen LogP contribution in [0.2, 0.25) is 0 Å². The molecule has 5 nitrogen and oxygen atoms in total. The third-order valence-electron chi connectivity index (χ3n) is 2.63. The maximum atomic E-state index is 10.4. The molecule has 14 heavy (non-hydrogen) atoms. The van der Waals surface area contributed by atoms with Gasteiger partial charge in [0.05, 0.1) is 13.0 Å². The van der Waals surface area contributed by atoms with Crippen molar-refractivity contribution in [3.05, 3.63) is 0 Å². The first-order chi connectivity index (χ1) is 6.63. The number of aliphatic hydroxyl groups is 1. The number of piperazine rings is 1. The standard InChI is InChI=1S/C9H18N2O3/c1-10-4-5-11(3-2-9(13)14)8(6-10)7-12/h8,12H,2-7H2,1H3,(H,13,14). The maximum Gasteiger partial charge on any atom is 0.304 e. The summed E-state index contributed by atoms with van der Waals surface area (Å²) in [6, 6.07) is 0.0908. The normalized spacial score (nSPS) is 25.1. The molecule has 82 valence electrons. The van der Waals surface area contributed by atoms with Crippen LogP contribution < -0.4 is 0 Å². The molecule has 0 bridgehead atoms. The van der Waals surface area contributed by atoms with Gasteiger partial charge in [-0.05, 0) is 7.05 Å². The molecule has 5 heteroatoms. The highest BCUT2D eigenvalue weighted by Crippen LogP contribution is 2.08. The number of aliphatic carboxylic acids is 1. The van der Waals surface area contributed by atoms with E-state index >= 15 is 0 Å². The van der Waals surface area contributed by atoms with Gasteiger partial charge in [0.25, 0.3) is 0 Å². The Balaban J connectivity index is 2.38. The van der Waals surface area contributed by atoms with Crippen LogP contribution in [0.25, 0.3) is 0 Å². The molecular weight excluding hydrogens is 184 g/mol. The van der Waals surface area contributed by atoms with E-state index in [1.165, 1.54) is 0 Å². The summed E-state index contributed by atoms with van der Waals surface area (Å²) >= 11 is 0. The molecule has 0 aromatic rings. The number of carbonyl (C=O) groups is 1. The summed E-state index contributed by atoms with van der Waals surface area (Å²) in [5, 5.41) is 17.7. The Kier molecular flexibility index (Phi) is 4.31. The summed E-state index contributed by atoms with van der Waals surface area (Å²) in [7, 11) is 2.01. The summed E-state index contributed by atoms with van der Waals surface area (Å²) in [5.41, 5.74) is 0. The number of hydrogen-bond acceptors (Lipinski definition) is 4. The van der Waals surface area contributed by atoms with Crippen molar-refractivity contribution in [2.45, 2.75) is 12.5 Å². The highest BCUT2D eigenvalue weighted by molar-refractivity contribution is 5.66. The van der Waals surface area contributed by atoms with Gasteiger partial charge in [0, 0.05) is 32.2 Å². The second-order valence-electron chi connectivity index (χ2n) is 3.78. The van der Waals surface area contributed by atoms with Crippen LogP contribution in [0.4, 0.5) is 0 Å². The maximum absolute atomic E-state index is 10.4. The number of hydrogen-bond donors (Lipinski definition) is 2. The third-order valence-corrected chi connectivity index (χ3v) is 2.63. The molecule has 1 aliphatic heterocycles. The van der Waals surface area contributed by atoms with Crippen LogP contribution in [0.15, 0.2) is 0 Å². The minimum Gasteiger partial charge on any atom is -0.481 e. The molecule has 0 amide bonds. The Bertz CT molecular complexity index is 198. The minimum absolute atomic E-state index is 0.0908.